The van der Waals surface area contributed by atoms with Crippen LogP contribution in [0.4, 0.5) is 0 Å². The molecule has 0 amide bonds. The van der Waals surface area contributed by atoms with Crippen molar-refractivity contribution in [3.05, 3.63) is 40.4 Å². The molecule has 0 aliphatic carbocycles. The molecule has 0 aromatic carbocycles. The van der Waals surface area contributed by atoms with Crippen molar-refractivity contribution in [3.63, 3.8) is 0 Å². The molecule has 0 atom stereocenters. The van der Waals surface area contributed by atoms with Gasteiger partial charge in [0.15, 0.2) is 5.56 Å². The Morgan fingerprint density at radius 1 is 1.50 bits per heavy atom. The van der Waals surface area contributed by atoms with Crippen molar-refractivity contribution < 1.29 is 14.4 Å². The van der Waals surface area contributed by atoms with E-state index in [1.54, 1.807) is 18.2 Å². The molecule has 0 saturated carbocycles. The molecule has 0 fully saturated rings. The molecule has 0 radical (unpaired) electrons. The lowest BCUT2D eigenvalue weighted by molar-refractivity contribution is 0.0695. The van der Waals surface area contributed by atoms with E-state index in [9.17, 15) is 9.59 Å². The lowest BCUT2D eigenvalue weighted by atomic mass is 10.2. The molecule has 2 aromatic rings. The second-order valence-corrected chi connectivity index (χ2v) is 3.12. The zero-order valence-electron chi connectivity index (χ0n) is 8.38. The van der Waals surface area contributed by atoms with E-state index >= 15 is 0 Å². The third-order valence-corrected chi connectivity index (χ3v) is 2.10. The molecule has 0 aliphatic heterocycles. The molecular formula is C10H8N2O4. The van der Waals surface area contributed by atoms with Gasteiger partial charge in [0.05, 0.1) is 5.69 Å². The minimum atomic E-state index is -1.32. The fourth-order valence-corrected chi connectivity index (χ4v) is 1.45. The standard InChI is InChI=1S/C10H8N2O4/c1-12-8(6-4-2-3-5-11-6)7(9(13)14)10(15)16-12/h2-5H,1H3,(H,13,14). The SMILES string of the molecule is Cn1oc(=O)c(C(=O)O)c1-c1ccccn1. The van der Waals surface area contributed by atoms with E-state index in [-0.39, 0.29) is 5.69 Å². The molecule has 0 spiro atoms. The van der Waals surface area contributed by atoms with Gasteiger partial charge >= 0.3 is 11.6 Å². The molecule has 2 aromatic heterocycles. The van der Waals surface area contributed by atoms with Gasteiger partial charge in [-0.3, -0.25) is 4.98 Å². The molecule has 1 N–H and O–H groups in total. The summed E-state index contributed by atoms with van der Waals surface area (Å²) >= 11 is 0. The van der Waals surface area contributed by atoms with Crippen LogP contribution in [0, 0.1) is 0 Å². The van der Waals surface area contributed by atoms with Crippen molar-refractivity contribution in [3.8, 4) is 11.4 Å². The first-order valence-electron chi connectivity index (χ1n) is 4.46. The minimum Gasteiger partial charge on any atom is -0.477 e. The maximum atomic E-state index is 11.3. The average molecular weight is 220 g/mol. The minimum absolute atomic E-state index is 0.165. The number of hydrogen-bond donors (Lipinski definition) is 1. The van der Waals surface area contributed by atoms with Gasteiger partial charge in [0.25, 0.3) is 0 Å². The fraction of sp³-hybridized carbons (Fsp3) is 0.100. The van der Waals surface area contributed by atoms with E-state index in [4.69, 9.17) is 9.63 Å². The molecular weight excluding hydrogens is 212 g/mol. The number of rotatable bonds is 2. The Bertz CT molecular complexity index is 583. The maximum absolute atomic E-state index is 11.3. The summed E-state index contributed by atoms with van der Waals surface area (Å²) in [6.45, 7) is 0. The summed E-state index contributed by atoms with van der Waals surface area (Å²) in [5.41, 5.74) is -0.733. The zero-order chi connectivity index (χ0) is 11.7. The molecule has 0 saturated heterocycles. The lowest BCUT2D eigenvalue weighted by Gasteiger charge is -2.00. The Morgan fingerprint density at radius 3 is 2.81 bits per heavy atom. The van der Waals surface area contributed by atoms with Crippen LogP contribution in [0.1, 0.15) is 10.4 Å². The van der Waals surface area contributed by atoms with Crippen molar-refractivity contribution in [2.45, 2.75) is 0 Å². The second-order valence-electron chi connectivity index (χ2n) is 3.12. The van der Waals surface area contributed by atoms with E-state index in [1.807, 2.05) is 0 Å². The quantitative estimate of drug-likeness (QED) is 0.806. The van der Waals surface area contributed by atoms with Crippen LogP contribution in [0.2, 0.25) is 0 Å². The Balaban J connectivity index is 2.75. The molecule has 2 heterocycles. The average Bonchev–Trinajstić information content (AvgIpc) is 2.55. The van der Waals surface area contributed by atoms with Gasteiger partial charge in [0, 0.05) is 13.2 Å². The Hall–Kier alpha value is -2.37. The van der Waals surface area contributed by atoms with Crippen molar-refractivity contribution in [1.82, 2.24) is 9.72 Å². The number of carboxylic acid groups (broad SMARTS) is 1. The van der Waals surface area contributed by atoms with Gasteiger partial charge in [-0.05, 0) is 12.1 Å². The van der Waals surface area contributed by atoms with Gasteiger partial charge in [0.2, 0.25) is 0 Å². The highest BCUT2D eigenvalue weighted by atomic mass is 16.5. The molecule has 0 aliphatic rings. The number of hydrogen-bond acceptors (Lipinski definition) is 4. The van der Waals surface area contributed by atoms with Crippen LogP contribution in [0.25, 0.3) is 11.4 Å². The first-order valence-corrected chi connectivity index (χ1v) is 4.46. The summed E-state index contributed by atoms with van der Waals surface area (Å²) in [6.07, 6.45) is 1.51. The number of nitrogens with zero attached hydrogens (tertiary/aromatic N) is 2. The molecule has 16 heavy (non-hydrogen) atoms. The van der Waals surface area contributed by atoms with Crippen LogP contribution in [-0.4, -0.2) is 20.8 Å². The van der Waals surface area contributed by atoms with Crippen LogP contribution in [0.3, 0.4) is 0 Å². The molecule has 2 rings (SSSR count). The summed E-state index contributed by atoms with van der Waals surface area (Å²) in [4.78, 5) is 26.2. The monoisotopic (exact) mass is 220 g/mol. The van der Waals surface area contributed by atoms with Gasteiger partial charge in [-0.1, -0.05) is 6.07 Å². The lowest BCUT2D eigenvalue weighted by Crippen LogP contribution is -2.10. The van der Waals surface area contributed by atoms with Crippen LogP contribution in [0.15, 0.2) is 33.7 Å². The first-order chi connectivity index (χ1) is 7.61. The number of aromatic nitrogens is 2. The normalized spacial score (nSPS) is 10.3. The van der Waals surface area contributed by atoms with E-state index < -0.39 is 17.2 Å². The van der Waals surface area contributed by atoms with Crippen LogP contribution < -0.4 is 5.63 Å². The van der Waals surface area contributed by atoms with Gasteiger partial charge in [-0.2, -0.15) is 0 Å². The number of pyridine rings is 1. The number of aromatic carboxylic acids is 1. The molecule has 0 bridgehead atoms. The van der Waals surface area contributed by atoms with Crippen LogP contribution >= 0.6 is 0 Å². The van der Waals surface area contributed by atoms with Crippen molar-refractivity contribution >= 4 is 5.97 Å². The predicted octanol–water partition coefficient (Wildman–Crippen LogP) is 0.739. The van der Waals surface area contributed by atoms with Gasteiger partial charge in [-0.15, -0.1) is 0 Å². The predicted molar refractivity (Wildman–Crippen MR) is 54.1 cm³/mol. The topological polar surface area (TPSA) is 85.3 Å². The van der Waals surface area contributed by atoms with Gasteiger partial charge in [0.1, 0.15) is 5.69 Å². The summed E-state index contributed by atoms with van der Waals surface area (Å²) < 4.78 is 5.81. The summed E-state index contributed by atoms with van der Waals surface area (Å²) in [5, 5.41) is 8.92. The summed E-state index contributed by atoms with van der Waals surface area (Å²) in [6, 6.07) is 5.00. The Kier molecular flexibility index (Phi) is 2.32. The summed E-state index contributed by atoms with van der Waals surface area (Å²) in [7, 11) is 1.46. The molecule has 6 heteroatoms. The largest absolute Gasteiger partial charge is 0.477 e. The highest BCUT2D eigenvalue weighted by Crippen LogP contribution is 2.18. The molecule has 0 unspecified atom stereocenters. The third kappa shape index (κ3) is 1.50. The maximum Gasteiger partial charge on any atom is 0.372 e. The van der Waals surface area contributed by atoms with E-state index in [0.29, 0.717) is 5.69 Å². The van der Waals surface area contributed by atoms with E-state index in [0.717, 1.165) is 4.74 Å². The zero-order valence-corrected chi connectivity index (χ0v) is 8.38. The smallest absolute Gasteiger partial charge is 0.372 e. The number of carbonyl (C=O) groups is 1. The van der Waals surface area contributed by atoms with Crippen molar-refractivity contribution in [1.29, 1.82) is 0 Å². The highest BCUT2D eigenvalue weighted by molar-refractivity contribution is 5.93. The fourth-order valence-electron chi connectivity index (χ4n) is 1.45. The number of aryl methyl sites for hydroxylation is 1. The number of carboxylic acids is 1. The third-order valence-electron chi connectivity index (χ3n) is 2.10. The van der Waals surface area contributed by atoms with E-state index in [1.165, 1.54) is 13.2 Å². The Labute approximate surface area is 89.7 Å². The van der Waals surface area contributed by atoms with Gasteiger partial charge in [-0.25, -0.2) is 14.3 Å². The summed E-state index contributed by atoms with van der Waals surface area (Å²) in [5.74, 6) is -1.32. The van der Waals surface area contributed by atoms with Crippen LogP contribution in [0.5, 0.6) is 0 Å². The molecule has 82 valence electrons. The van der Waals surface area contributed by atoms with Crippen molar-refractivity contribution in [2.24, 2.45) is 7.05 Å². The van der Waals surface area contributed by atoms with Crippen molar-refractivity contribution in [2.75, 3.05) is 0 Å². The van der Waals surface area contributed by atoms with Crippen LogP contribution in [-0.2, 0) is 7.05 Å². The first kappa shape index (κ1) is 10.2. The highest BCUT2D eigenvalue weighted by Gasteiger charge is 2.23. The second kappa shape index (κ2) is 3.65. The van der Waals surface area contributed by atoms with E-state index in [2.05, 4.69) is 4.98 Å². The van der Waals surface area contributed by atoms with Gasteiger partial charge < -0.3 is 9.63 Å². The molecule has 6 nitrogen and oxygen atoms in total. The Morgan fingerprint density at radius 2 is 2.25 bits per heavy atom.